The molecular weight excluding hydrogens is 433 g/mol. The van der Waals surface area contributed by atoms with E-state index in [4.69, 9.17) is 18.5 Å². The van der Waals surface area contributed by atoms with Gasteiger partial charge in [0, 0.05) is 0 Å². The number of rotatable bonds is 16. The van der Waals surface area contributed by atoms with Crippen LogP contribution in [0.2, 0.25) is 0 Å². The summed E-state index contributed by atoms with van der Waals surface area (Å²) >= 11 is 0. The summed E-state index contributed by atoms with van der Waals surface area (Å²) in [4.78, 5) is 23.3. The average Bonchev–Trinajstić information content (AvgIpc) is 2.70. The first-order valence-corrected chi connectivity index (χ1v) is 12.5. The van der Waals surface area contributed by atoms with Crippen molar-refractivity contribution in [3.63, 3.8) is 0 Å². The quantitative estimate of drug-likeness (QED) is 0.127. The largest absolute Gasteiger partial charge is 0.464 e. The highest BCUT2D eigenvalue weighted by Crippen LogP contribution is 2.52. The summed E-state index contributed by atoms with van der Waals surface area (Å²) < 4.78 is 35.5. The lowest BCUT2D eigenvalue weighted by Crippen LogP contribution is -2.36. The van der Waals surface area contributed by atoms with Crippen LogP contribution in [0, 0.1) is 0 Å². The van der Waals surface area contributed by atoms with E-state index in [1.807, 2.05) is 30.3 Å². The molecule has 1 atom stereocenters. The van der Waals surface area contributed by atoms with Crippen molar-refractivity contribution in [2.45, 2.75) is 65.9 Å². The molecular formula is C23H36NO7P. The van der Waals surface area contributed by atoms with Gasteiger partial charge in [0.25, 0.3) is 0 Å². The first kappa shape index (κ1) is 28.0. The highest BCUT2D eigenvalue weighted by molar-refractivity contribution is 7.54. The van der Waals surface area contributed by atoms with Gasteiger partial charge in [-0.3, -0.25) is 9.36 Å². The Morgan fingerprint density at radius 3 is 2.25 bits per heavy atom. The number of hydrogen-bond donors (Lipinski definition) is 1. The Labute approximate surface area is 191 Å². The predicted octanol–water partition coefficient (Wildman–Crippen LogP) is 4.24. The minimum Gasteiger partial charge on any atom is -0.464 e. The average molecular weight is 470 g/mol. The molecule has 0 spiro atoms. The fraction of sp³-hybridized carbons (Fsp3) is 0.565. The number of hydrogen-bond acceptors (Lipinski definition) is 7. The van der Waals surface area contributed by atoms with Crippen molar-refractivity contribution >= 4 is 20.0 Å². The molecule has 1 rings (SSSR count). The second-order valence-corrected chi connectivity index (χ2v) is 9.66. The van der Waals surface area contributed by atoms with Gasteiger partial charge in [-0.2, -0.15) is 0 Å². The van der Waals surface area contributed by atoms with E-state index in [9.17, 15) is 14.2 Å². The number of benzene rings is 1. The molecule has 9 heteroatoms. The van der Waals surface area contributed by atoms with Crippen LogP contribution in [-0.4, -0.2) is 50.0 Å². The third kappa shape index (κ3) is 11.6. The van der Waals surface area contributed by atoms with Crippen LogP contribution in [0.15, 0.2) is 42.0 Å². The number of esters is 1. The van der Waals surface area contributed by atoms with Crippen molar-refractivity contribution in [2.75, 3.05) is 19.4 Å². The van der Waals surface area contributed by atoms with Crippen LogP contribution in [-0.2, 0) is 39.3 Å². The topological polar surface area (TPSA) is 100 Å². The minimum atomic E-state index is -3.51. The zero-order valence-corrected chi connectivity index (χ0v) is 20.5. The van der Waals surface area contributed by atoms with Gasteiger partial charge in [-0.1, -0.05) is 42.0 Å². The second-order valence-electron chi connectivity index (χ2n) is 7.70. The van der Waals surface area contributed by atoms with E-state index in [-0.39, 0.29) is 25.0 Å². The van der Waals surface area contributed by atoms with Gasteiger partial charge in [0.1, 0.15) is 6.04 Å². The van der Waals surface area contributed by atoms with Crippen LogP contribution in [0.1, 0.15) is 46.6 Å². The van der Waals surface area contributed by atoms with Gasteiger partial charge < -0.3 is 23.8 Å². The molecule has 0 aliphatic heterocycles. The first-order chi connectivity index (χ1) is 15.2. The van der Waals surface area contributed by atoms with E-state index in [2.05, 4.69) is 5.32 Å². The SMILES string of the molecule is CCOC(=O)C(C=C(CCOCc1ccccc1)CP(=O)(OC(C)C)OC(C)C)NC=O. The van der Waals surface area contributed by atoms with Gasteiger partial charge in [0.15, 0.2) is 0 Å². The fourth-order valence-electron chi connectivity index (χ4n) is 2.90. The van der Waals surface area contributed by atoms with Gasteiger partial charge in [-0.15, -0.1) is 0 Å². The predicted molar refractivity (Wildman–Crippen MR) is 123 cm³/mol. The molecule has 0 saturated carbocycles. The smallest absolute Gasteiger partial charge is 0.335 e. The lowest BCUT2D eigenvalue weighted by molar-refractivity contribution is -0.145. The third-order valence-electron chi connectivity index (χ3n) is 4.01. The lowest BCUT2D eigenvalue weighted by Gasteiger charge is -2.24. The molecule has 0 fully saturated rings. The Morgan fingerprint density at radius 1 is 1.09 bits per heavy atom. The van der Waals surface area contributed by atoms with Crippen LogP contribution in [0.4, 0.5) is 0 Å². The molecule has 180 valence electrons. The molecule has 32 heavy (non-hydrogen) atoms. The van der Waals surface area contributed by atoms with Crippen molar-refractivity contribution in [1.29, 1.82) is 0 Å². The Morgan fingerprint density at radius 2 is 1.72 bits per heavy atom. The maximum atomic E-state index is 13.4. The van der Waals surface area contributed by atoms with E-state index in [0.29, 0.717) is 31.6 Å². The minimum absolute atomic E-state index is 0.0332. The number of ether oxygens (including phenoxy) is 2. The number of amides is 1. The third-order valence-corrected chi connectivity index (χ3v) is 6.29. The van der Waals surface area contributed by atoms with Crippen LogP contribution in [0.25, 0.3) is 0 Å². The van der Waals surface area contributed by atoms with Crippen molar-refractivity contribution < 1.29 is 32.7 Å². The Bertz CT molecular complexity index is 751. The van der Waals surface area contributed by atoms with Crippen LogP contribution in [0.5, 0.6) is 0 Å². The molecule has 0 aromatic heterocycles. The monoisotopic (exact) mass is 469 g/mol. The molecule has 1 unspecified atom stereocenters. The van der Waals surface area contributed by atoms with E-state index in [1.165, 1.54) is 6.08 Å². The summed E-state index contributed by atoms with van der Waals surface area (Å²) in [6.45, 7) is 9.70. The first-order valence-electron chi connectivity index (χ1n) is 10.8. The Kier molecular flexibility index (Phi) is 13.1. The van der Waals surface area contributed by atoms with Crippen LogP contribution < -0.4 is 5.32 Å². The number of carbonyl (C=O) groups is 2. The molecule has 0 aliphatic rings. The summed E-state index contributed by atoms with van der Waals surface area (Å²) in [5.74, 6) is -0.605. The molecule has 0 radical (unpaired) electrons. The van der Waals surface area contributed by atoms with Crippen LogP contribution in [0.3, 0.4) is 0 Å². The highest BCUT2D eigenvalue weighted by atomic mass is 31.2. The maximum absolute atomic E-state index is 13.4. The normalized spacial score (nSPS) is 13.3. The summed E-state index contributed by atoms with van der Waals surface area (Å²) in [7, 11) is -3.51. The molecule has 0 bridgehead atoms. The summed E-state index contributed by atoms with van der Waals surface area (Å²) in [6.07, 6.45) is 1.67. The zero-order valence-electron chi connectivity index (χ0n) is 19.6. The fourth-order valence-corrected chi connectivity index (χ4v) is 5.14. The molecule has 1 aromatic carbocycles. The van der Waals surface area contributed by atoms with Crippen molar-refractivity contribution in [2.24, 2.45) is 0 Å². The van der Waals surface area contributed by atoms with Crippen molar-refractivity contribution in [3.8, 4) is 0 Å². The van der Waals surface area contributed by atoms with Gasteiger partial charge in [-0.25, -0.2) is 4.79 Å². The number of nitrogens with one attached hydrogen (secondary N) is 1. The summed E-state index contributed by atoms with van der Waals surface area (Å²) in [6, 6.07) is 8.71. The molecule has 0 aliphatic carbocycles. The second kappa shape index (κ2) is 15.0. The van der Waals surface area contributed by atoms with E-state index < -0.39 is 19.6 Å². The van der Waals surface area contributed by atoms with Gasteiger partial charge in [-0.05, 0) is 46.6 Å². The van der Waals surface area contributed by atoms with Crippen LogP contribution >= 0.6 is 7.60 Å². The van der Waals surface area contributed by atoms with Gasteiger partial charge in [0.05, 0.1) is 38.2 Å². The van der Waals surface area contributed by atoms with E-state index >= 15 is 0 Å². The van der Waals surface area contributed by atoms with Gasteiger partial charge in [0.2, 0.25) is 6.41 Å². The number of carbonyl (C=O) groups excluding carboxylic acids is 2. The molecule has 1 aromatic rings. The van der Waals surface area contributed by atoms with E-state index in [0.717, 1.165) is 5.56 Å². The Hall–Kier alpha value is -1.99. The standard InChI is InChI=1S/C23H36NO7P/c1-6-29-23(26)22(24-17-25)14-21(12-13-28-15-20-10-8-7-9-11-20)16-32(27,30-18(2)3)31-19(4)5/h7-11,14,17-19,22H,6,12-13,15-16H2,1-5H3,(H,24,25). The Balaban J connectivity index is 3.03. The highest BCUT2D eigenvalue weighted by Gasteiger charge is 2.30. The van der Waals surface area contributed by atoms with E-state index in [1.54, 1.807) is 34.6 Å². The van der Waals surface area contributed by atoms with Crippen molar-refractivity contribution in [3.05, 3.63) is 47.5 Å². The lowest BCUT2D eigenvalue weighted by atomic mass is 10.1. The molecule has 1 amide bonds. The maximum Gasteiger partial charge on any atom is 0.335 e. The molecule has 1 N–H and O–H groups in total. The zero-order chi connectivity index (χ0) is 24.0. The van der Waals surface area contributed by atoms with Crippen molar-refractivity contribution in [1.82, 2.24) is 5.32 Å². The summed E-state index contributed by atoms with van der Waals surface area (Å²) in [5, 5.41) is 2.44. The molecule has 0 saturated heterocycles. The summed E-state index contributed by atoms with van der Waals surface area (Å²) in [5.41, 5.74) is 1.64. The molecule has 0 heterocycles. The van der Waals surface area contributed by atoms with Gasteiger partial charge >= 0.3 is 13.6 Å². The molecule has 8 nitrogen and oxygen atoms in total.